The third-order valence-electron chi connectivity index (χ3n) is 3.98. The van der Waals surface area contributed by atoms with Crippen LogP contribution in [0.15, 0.2) is 18.2 Å². The molecule has 1 aromatic carbocycles. The molecule has 18 heavy (non-hydrogen) atoms. The molecule has 0 bridgehead atoms. The van der Waals surface area contributed by atoms with E-state index < -0.39 is 5.97 Å². The van der Waals surface area contributed by atoms with Gasteiger partial charge in [0.1, 0.15) is 0 Å². The summed E-state index contributed by atoms with van der Waals surface area (Å²) in [5.41, 5.74) is 4.04. The Morgan fingerprint density at radius 2 is 2.22 bits per heavy atom. The van der Waals surface area contributed by atoms with Crippen molar-refractivity contribution in [2.45, 2.75) is 39.2 Å². The predicted molar refractivity (Wildman–Crippen MR) is 71.7 cm³/mol. The summed E-state index contributed by atoms with van der Waals surface area (Å²) in [6.07, 6.45) is 2.54. The minimum atomic E-state index is -0.707. The van der Waals surface area contributed by atoms with Crippen molar-refractivity contribution in [1.29, 1.82) is 0 Å². The molecule has 1 aliphatic heterocycles. The van der Waals surface area contributed by atoms with Crippen molar-refractivity contribution in [3.63, 3.8) is 0 Å². The maximum absolute atomic E-state index is 10.7. The van der Waals surface area contributed by atoms with Gasteiger partial charge in [0, 0.05) is 12.6 Å². The summed E-state index contributed by atoms with van der Waals surface area (Å²) in [4.78, 5) is 13.0. The van der Waals surface area contributed by atoms with Gasteiger partial charge in [-0.1, -0.05) is 18.2 Å². The average Bonchev–Trinajstić information content (AvgIpc) is 2.78. The largest absolute Gasteiger partial charge is 0.481 e. The Morgan fingerprint density at radius 3 is 2.94 bits per heavy atom. The second kappa shape index (κ2) is 5.53. The van der Waals surface area contributed by atoms with Crippen LogP contribution in [0.5, 0.6) is 0 Å². The number of benzene rings is 1. The molecule has 0 aliphatic carbocycles. The number of carboxylic acid groups (broad SMARTS) is 1. The van der Waals surface area contributed by atoms with E-state index in [0.717, 1.165) is 19.4 Å². The van der Waals surface area contributed by atoms with Crippen molar-refractivity contribution in [2.75, 3.05) is 13.1 Å². The number of likely N-dealkylation sites (tertiary alicyclic amines) is 1. The van der Waals surface area contributed by atoms with Gasteiger partial charge in [-0.2, -0.15) is 0 Å². The van der Waals surface area contributed by atoms with Crippen molar-refractivity contribution in [1.82, 2.24) is 4.90 Å². The number of carboxylic acids is 1. The van der Waals surface area contributed by atoms with Crippen LogP contribution in [-0.4, -0.2) is 29.1 Å². The lowest BCUT2D eigenvalue weighted by atomic mass is 9.96. The van der Waals surface area contributed by atoms with Gasteiger partial charge in [0.2, 0.25) is 0 Å². The average molecular weight is 247 g/mol. The van der Waals surface area contributed by atoms with Crippen LogP contribution in [0.25, 0.3) is 0 Å². The zero-order valence-electron chi connectivity index (χ0n) is 11.1. The number of aliphatic carboxylic acids is 1. The van der Waals surface area contributed by atoms with Crippen LogP contribution in [0.2, 0.25) is 0 Å². The fourth-order valence-corrected chi connectivity index (χ4v) is 2.82. The van der Waals surface area contributed by atoms with Crippen molar-refractivity contribution in [3.8, 4) is 0 Å². The van der Waals surface area contributed by atoms with Crippen LogP contribution in [0.1, 0.15) is 42.0 Å². The van der Waals surface area contributed by atoms with Gasteiger partial charge in [0.05, 0.1) is 6.42 Å². The van der Waals surface area contributed by atoms with Crippen LogP contribution in [-0.2, 0) is 4.79 Å². The lowest BCUT2D eigenvalue weighted by Gasteiger charge is -2.26. The van der Waals surface area contributed by atoms with Crippen molar-refractivity contribution in [2.24, 2.45) is 0 Å². The Kier molecular flexibility index (Phi) is 4.02. The molecule has 1 N–H and O–H groups in total. The predicted octanol–water partition coefficient (Wildman–Crippen LogP) is 2.92. The first-order chi connectivity index (χ1) is 8.59. The Bertz CT molecular complexity index is 442. The minimum Gasteiger partial charge on any atom is -0.481 e. The number of carbonyl (C=O) groups is 1. The molecule has 3 nitrogen and oxygen atoms in total. The molecule has 0 aromatic heterocycles. The normalized spacial score (nSPS) is 20.2. The van der Waals surface area contributed by atoms with Crippen molar-refractivity contribution < 1.29 is 9.90 Å². The number of aryl methyl sites for hydroxylation is 1. The van der Waals surface area contributed by atoms with Crippen LogP contribution in [0, 0.1) is 13.8 Å². The topological polar surface area (TPSA) is 40.5 Å². The van der Waals surface area contributed by atoms with E-state index in [4.69, 9.17) is 5.11 Å². The fourth-order valence-electron chi connectivity index (χ4n) is 2.82. The first-order valence-corrected chi connectivity index (χ1v) is 6.61. The standard InChI is InChI=1S/C15H21NO2/c1-11-5-3-6-13(12(11)2)14-7-4-9-16(14)10-8-15(17)18/h3,5-6,14H,4,7-10H2,1-2H3,(H,17,18)/t14-/m0/s1. The quantitative estimate of drug-likeness (QED) is 0.889. The summed E-state index contributed by atoms with van der Waals surface area (Å²) >= 11 is 0. The zero-order chi connectivity index (χ0) is 13.1. The zero-order valence-corrected chi connectivity index (χ0v) is 11.1. The van der Waals surface area contributed by atoms with Gasteiger partial charge < -0.3 is 5.11 Å². The lowest BCUT2D eigenvalue weighted by Crippen LogP contribution is -2.26. The molecule has 1 aromatic rings. The van der Waals surface area contributed by atoms with E-state index in [1.54, 1.807) is 0 Å². The maximum Gasteiger partial charge on any atom is 0.304 e. The number of hydrogen-bond donors (Lipinski definition) is 1. The SMILES string of the molecule is Cc1cccc([C@@H]2CCCN2CCC(=O)O)c1C. The molecule has 1 fully saturated rings. The van der Waals surface area contributed by atoms with Gasteiger partial charge in [-0.3, -0.25) is 9.69 Å². The van der Waals surface area contributed by atoms with Gasteiger partial charge in [-0.15, -0.1) is 0 Å². The van der Waals surface area contributed by atoms with Gasteiger partial charge in [0.25, 0.3) is 0 Å². The van der Waals surface area contributed by atoms with E-state index >= 15 is 0 Å². The monoisotopic (exact) mass is 247 g/mol. The van der Waals surface area contributed by atoms with Gasteiger partial charge in [-0.05, 0) is 49.9 Å². The lowest BCUT2D eigenvalue weighted by molar-refractivity contribution is -0.137. The molecule has 1 aliphatic rings. The minimum absolute atomic E-state index is 0.237. The van der Waals surface area contributed by atoms with Crippen LogP contribution >= 0.6 is 0 Å². The third kappa shape index (κ3) is 2.72. The Labute approximate surface area is 108 Å². The van der Waals surface area contributed by atoms with Gasteiger partial charge in [-0.25, -0.2) is 0 Å². The highest BCUT2D eigenvalue weighted by Crippen LogP contribution is 2.34. The van der Waals surface area contributed by atoms with Crippen LogP contribution in [0.4, 0.5) is 0 Å². The second-order valence-corrected chi connectivity index (χ2v) is 5.13. The molecule has 0 spiro atoms. The molecular formula is C15H21NO2. The molecule has 2 rings (SSSR count). The number of hydrogen-bond acceptors (Lipinski definition) is 2. The van der Waals surface area contributed by atoms with Crippen molar-refractivity contribution >= 4 is 5.97 Å². The van der Waals surface area contributed by atoms with E-state index in [1.165, 1.54) is 16.7 Å². The summed E-state index contributed by atoms with van der Waals surface area (Å²) in [7, 11) is 0. The summed E-state index contributed by atoms with van der Waals surface area (Å²) in [6, 6.07) is 6.83. The summed E-state index contributed by atoms with van der Waals surface area (Å²) in [5, 5.41) is 8.80. The molecular weight excluding hydrogens is 226 g/mol. The molecule has 0 saturated carbocycles. The molecule has 1 atom stereocenters. The van der Waals surface area contributed by atoms with Crippen LogP contribution < -0.4 is 0 Å². The maximum atomic E-state index is 10.7. The Balaban J connectivity index is 2.15. The van der Waals surface area contributed by atoms with Crippen molar-refractivity contribution in [3.05, 3.63) is 34.9 Å². The molecule has 0 unspecified atom stereocenters. The third-order valence-corrected chi connectivity index (χ3v) is 3.98. The molecule has 1 saturated heterocycles. The van der Waals surface area contributed by atoms with E-state index in [-0.39, 0.29) is 6.42 Å². The molecule has 1 heterocycles. The fraction of sp³-hybridized carbons (Fsp3) is 0.533. The van der Waals surface area contributed by atoms with Gasteiger partial charge >= 0.3 is 5.97 Å². The molecule has 98 valence electrons. The first kappa shape index (κ1) is 13.1. The summed E-state index contributed by atoms with van der Waals surface area (Å²) in [6.45, 7) is 5.98. The van der Waals surface area contributed by atoms with E-state index in [1.807, 2.05) is 0 Å². The first-order valence-electron chi connectivity index (χ1n) is 6.61. The number of nitrogens with zero attached hydrogens (tertiary/aromatic N) is 1. The Hall–Kier alpha value is -1.35. The van der Waals surface area contributed by atoms with E-state index in [9.17, 15) is 4.79 Å². The smallest absolute Gasteiger partial charge is 0.304 e. The summed E-state index contributed by atoms with van der Waals surface area (Å²) < 4.78 is 0. The van der Waals surface area contributed by atoms with Crippen LogP contribution in [0.3, 0.4) is 0 Å². The van der Waals surface area contributed by atoms with Gasteiger partial charge in [0.15, 0.2) is 0 Å². The molecule has 0 radical (unpaired) electrons. The molecule has 0 amide bonds. The number of rotatable bonds is 4. The van der Waals surface area contributed by atoms with E-state index in [0.29, 0.717) is 12.6 Å². The van der Waals surface area contributed by atoms with E-state index in [2.05, 4.69) is 36.9 Å². The summed E-state index contributed by atoms with van der Waals surface area (Å²) in [5.74, 6) is -0.707. The molecule has 3 heteroatoms. The second-order valence-electron chi connectivity index (χ2n) is 5.13. The highest BCUT2D eigenvalue weighted by atomic mass is 16.4. The highest BCUT2D eigenvalue weighted by Gasteiger charge is 2.27. The highest BCUT2D eigenvalue weighted by molar-refractivity contribution is 5.66. The Morgan fingerprint density at radius 1 is 1.44 bits per heavy atom.